The highest BCUT2D eigenvalue weighted by Gasteiger charge is 2.14. The van der Waals surface area contributed by atoms with Crippen molar-refractivity contribution in [2.24, 2.45) is 0 Å². The van der Waals surface area contributed by atoms with Gasteiger partial charge in [-0.05, 0) is 37.1 Å². The predicted octanol–water partition coefficient (Wildman–Crippen LogP) is 2.76. The van der Waals surface area contributed by atoms with Crippen LogP contribution in [0.2, 0.25) is 0 Å². The second kappa shape index (κ2) is 5.78. The number of rotatable bonds is 4. The van der Waals surface area contributed by atoms with Crippen LogP contribution >= 0.6 is 0 Å². The fourth-order valence-electron chi connectivity index (χ4n) is 2.18. The molecule has 1 aliphatic heterocycles. The highest BCUT2D eigenvalue weighted by Crippen LogP contribution is 2.34. The minimum absolute atomic E-state index is 0.00314. The van der Waals surface area contributed by atoms with E-state index in [1.807, 2.05) is 13.0 Å². The van der Waals surface area contributed by atoms with Gasteiger partial charge >= 0.3 is 6.03 Å². The van der Waals surface area contributed by atoms with Gasteiger partial charge in [-0.2, -0.15) is 0 Å². The topological polar surface area (TPSA) is 72.7 Å². The first-order valence-corrected chi connectivity index (χ1v) is 6.69. The third-order valence-corrected chi connectivity index (χ3v) is 3.13. The van der Waals surface area contributed by atoms with E-state index in [0.717, 1.165) is 5.56 Å². The fourth-order valence-corrected chi connectivity index (χ4v) is 2.18. The third-order valence-electron chi connectivity index (χ3n) is 3.13. The second-order valence-corrected chi connectivity index (χ2v) is 4.90. The first-order valence-electron chi connectivity index (χ1n) is 6.69. The van der Waals surface area contributed by atoms with Gasteiger partial charge in [0.1, 0.15) is 0 Å². The Hall–Kier alpha value is -2.63. The number of hydrogen-bond acceptors (Lipinski definition) is 4. The molecule has 6 nitrogen and oxygen atoms in total. The Bertz CT molecular complexity index is 625. The number of carbonyl (C=O) groups excluding carboxylic acids is 1. The Kier molecular flexibility index (Phi) is 3.68. The van der Waals surface area contributed by atoms with E-state index >= 15 is 0 Å². The zero-order valence-electron chi connectivity index (χ0n) is 11.6. The van der Waals surface area contributed by atoms with Crippen LogP contribution in [0.3, 0.4) is 0 Å². The molecule has 110 valence electrons. The molecule has 0 unspecified atom stereocenters. The van der Waals surface area contributed by atoms with Crippen molar-refractivity contribution in [1.29, 1.82) is 0 Å². The molecule has 0 saturated carbocycles. The summed E-state index contributed by atoms with van der Waals surface area (Å²) < 4.78 is 15.5. The second-order valence-electron chi connectivity index (χ2n) is 4.90. The number of furan rings is 1. The number of benzene rings is 1. The molecule has 2 N–H and O–H groups in total. The van der Waals surface area contributed by atoms with E-state index in [1.165, 1.54) is 0 Å². The lowest BCUT2D eigenvalue weighted by molar-refractivity contribution is 0.174. The van der Waals surface area contributed by atoms with E-state index in [-0.39, 0.29) is 18.9 Å². The van der Waals surface area contributed by atoms with E-state index in [4.69, 9.17) is 13.9 Å². The molecule has 2 heterocycles. The Morgan fingerprint density at radius 3 is 2.95 bits per heavy atom. The van der Waals surface area contributed by atoms with Crippen LogP contribution in [0.1, 0.15) is 12.5 Å². The SMILES string of the molecule is C[C@@H](Cc1ccoc1)NC(=O)Nc1ccc2c(c1)OCO2. The maximum absolute atomic E-state index is 11.9. The smallest absolute Gasteiger partial charge is 0.319 e. The third kappa shape index (κ3) is 3.28. The van der Waals surface area contributed by atoms with Crippen molar-refractivity contribution in [3.8, 4) is 11.5 Å². The highest BCUT2D eigenvalue weighted by molar-refractivity contribution is 5.89. The molecule has 0 spiro atoms. The molecular weight excluding hydrogens is 272 g/mol. The van der Waals surface area contributed by atoms with E-state index in [2.05, 4.69) is 10.6 Å². The van der Waals surface area contributed by atoms with Gasteiger partial charge in [0.05, 0.1) is 12.5 Å². The van der Waals surface area contributed by atoms with E-state index < -0.39 is 0 Å². The largest absolute Gasteiger partial charge is 0.472 e. The predicted molar refractivity (Wildman–Crippen MR) is 76.6 cm³/mol. The van der Waals surface area contributed by atoms with Gasteiger partial charge < -0.3 is 24.5 Å². The average Bonchev–Trinajstić information content (AvgIpc) is 3.08. The zero-order chi connectivity index (χ0) is 14.7. The minimum atomic E-state index is -0.259. The molecule has 2 amide bonds. The van der Waals surface area contributed by atoms with Gasteiger partial charge in [-0.3, -0.25) is 0 Å². The van der Waals surface area contributed by atoms with Crippen molar-refractivity contribution < 1.29 is 18.7 Å². The Balaban J connectivity index is 1.54. The highest BCUT2D eigenvalue weighted by atomic mass is 16.7. The zero-order valence-corrected chi connectivity index (χ0v) is 11.6. The lowest BCUT2D eigenvalue weighted by atomic mass is 10.1. The van der Waals surface area contributed by atoms with Crippen molar-refractivity contribution in [3.63, 3.8) is 0 Å². The van der Waals surface area contributed by atoms with Crippen molar-refractivity contribution in [3.05, 3.63) is 42.4 Å². The number of amides is 2. The molecule has 0 fully saturated rings. The number of carbonyl (C=O) groups is 1. The first kappa shape index (κ1) is 13.4. The summed E-state index contributed by atoms with van der Waals surface area (Å²) in [6.45, 7) is 2.15. The first-order chi connectivity index (χ1) is 10.2. The van der Waals surface area contributed by atoms with Gasteiger partial charge in [-0.15, -0.1) is 0 Å². The van der Waals surface area contributed by atoms with Crippen molar-refractivity contribution in [2.45, 2.75) is 19.4 Å². The molecule has 3 rings (SSSR count). The van der Waals surface area contributed by atoms with Crippen LogP contribution in [0.5, 0.6) is 11.5 Å². The number of anilines is 1. The lowest BCUT2D eigenvalue weighted by Crippen LogP contribution is -2.37. The summed E-state index contributed by atoms with van der Waals surface area (Å²) in [6.07, 6.45) is 4.01. The summed E-state index contributed by atoms with van der Waals surface area (Å²) >= 11 is 0. The quantitative estimate of drug-likeness (QED) is 0.907. The number of ether oxygens (including phenoxy) is 2. The van der Waals surface area contributed by atoms with Gasteiger partial charge in [0.2, 0.25) is 6.79 Å². The van der Waals surface area contributed by atoms with Crippen LogP contribution in [0.15, 0.2) is 41.2 Å². The average molecular weight is 288 g/mol. The van der Waals surface area contributed by atoms with Gasteiger partial charge in [0.25, 0.3) is 0 Å². The van der Waals surface area contributed by atoms with Crippen molar-refractivity contribution in [2.75, 3.05) is 12.1 Å². The molecule has 0 aliphatic carbocycles. The Morgan fingerprint density at radius 2 is 2.14 bits per heavy atom. The van der Waals surface area contributed by atoms with Crippen LogP contribution in [-0.4, -0.2) is 18.9 Å². The van der Waals surface area contributed by atoms with E-state index in [1.54, 1.807) is 30.7 Å². The summed E-state index contributed by atoms with van der Waals surface area (Å²) in [4.78, 5) is 11.9. The number of fused-ring (bicyclic) bond motifs is 1. The summed E-state index contributed by atoms with van der Waals surface area (Å²) in [6, 6.07) is 6.90. The Labute approximate surface area is 122 Å². The van der Waals surface area contributed by atoms with Gasteiger partial charge in [-0.1, -0.05) is 0 Å². The van der Waals surface area contributed by atoms with Crippen molar-refractivity contribution >= 4 is 11.7 Å². The van der Waals surface area contributed by atoms with E-state index in [9.17, 15) is 4.79 Å². The summed E-state index contributed by atoms with van der Waals surface area (Å²) in [5.74, 6) is 1.33. The molecule has 1 aromatic carbocycles. The number of nitrogens with one attached hydrogen (secondary N) is 2. The Morgan fingerprint density at radius 1 is 1.29 bits per heavy atom. The normalized spacial score (nSPS) is 13.8. The van der Waals surface area contributed by atoms with Crippen LogP contribution in [-0.2, 0) is 6.42 Å². The monoisotopic (exact) mass is 288 g/mol. The van der Waals surface area contributed by atoms with Crippen LogP contribution in [0, 0.1) is 0 Å². The number of urea groups is 1. The molecule has 1 aliphatic rings. The van der Waals surface area contributed by atoms with E-state index in [0.29, 0.717) is 23.6 Å². The standard InChI is InChI=1S/C15H16N2O4/c1-10(6-11-4-5-19-8-11)16-15(18)17-12-2-3-13-14(7-12)21-9-20-13/h2-5,7-8,10H,6,9H2,1H3,(H2,16,17,18)/t10-/m0/s1. The fraction of sp³-hybridized carbons (Fsp3) is 0.267. The molecule has 0 bridgehead atoms. The molecule has 1 aromatic heterocycles. The van der Waals surface area contributed by atoms with Crippen LogP contribution < -0.4 is 20.1 Å². The molecule has 1 atom stereocenters. The summed E-state index contributed by atoms with van der Waals surface area (Å²) in [5.41, 5.74) is 1.71. The minimum Gasteiger partial charge on any atom is -0.472 e. The maximum atomic E-state index is 11.9. The van der Waals surface area contributed by atoms with Gasteiger partial charge in [-0.25, -0.2) is 4.79 Å². The van der Waals surface area contributed by atoms with Gasteiger partial charge in [0, 0.05) is 17.8 Å². The summed E-state index contributed by atoms with van der Waals surface area (Å²) in [5, 5.41) is 5.64. The van der Waals surface area contributed by atoms with Crippen LogP contribution in [0.4, 0.5) is 10.5 Å². The lowest BCUT2D eigenvalue weighted by Gasteiger charge is -2.14. The molecule has 6 heteroatoms. The number of hydrogen-bond donors (Lipinski definition) is 2. The van der Waals surface area contributed by atoms with Crippen LogP contribution in [0.25, 0.3) is 0 Å². The molecule has 2 aromatic rings. The maximum Gasteiger partial charge on any atom is 0.319 e. The molecular formula is C15H16N2O4. The molecule has 21 heavy (non-hydrogen) atoms. The molecule has 0 radical (unpaired) electrons. The molecule has 0 saturated heterocycles. The van der Waals surface area contributed by atoms with Crippen molar-refractivity contribution in [1.82, 2.24) is 5.32 Å². The summed E-state index contributed by atoms with van der Waals surface area (Å²) in [7, 11) is 0. The van der Waals surface area contributed by atoms with Gasteiger partial charge in [0.15, 0.2) is 11.5 Å².